The van der Waals surface area contributed by atoms with Crippen LogP contribution in [0.15, 0.2) is 67.0 Å². The van der Waals surface area contributed by atoms with Gasteiger partial charge in [-0.25, -0.2) is 9.59 Å². The third-order valence-electron chi connectivity index (χ3n) is 4.42. The van der Waals surface area contributed by atoms with Gasteiger partial charge in [0.1, 0.15) is 11.2 Å². The van der Waals surface area contributed by atoms with Crippen molar-refractivity contribution in [2.45, 2.75) is 13.8 Å². The van der Waals surface area contributed by atoms with E-state index in [-0.39, 0.29) is 11.3 Å². The van der Waals surface area contributed by atoms with E-state index in [9.17, 15) is 9.59 Å². The van der Waals surface area contributed by atoms with Gasteiger partial charge in [-0.3, -0.25) is 0 Å². The highest BCUT2D eigenvalue weighted by atomic mass is 16.4. The smallest absolute Gasteiger partial charge is 0.336 e. The quantitative estimate of drug-likeness (QED) is 0.391. The Balaban J connectivity index is 1.74. The topological polar surface area (TPSA) is 60.4 Å². The lowest BCUT2D eigenvalue weighted by Gasteiger charge is -2.03. The van der Waals surface area contributed by atoms with Crippen LogP contribution in [0.3, 0.4) is 0 Å². The van der Waals surface area contributed by atoms with Crippen LogP contribution in [0.4, 0.5) is 0 Å². The summed E-state index contributed by atoms with van der Waals surface area (Å²) in [7, 11) is 0. The van der Waals surface area contributed by atoms with Crippen LogP contribution in [0.2, 0.25) is 0 Å². The number of hydrogen-bond acceptors (Lipinski definition) is 4. The van der Waals surface area contributed by atoms with Gasteiger partial charge >= 0.3 is 11.3 Å². The summed E-state index contributed by atoms with van der Waals surface area (Å²) in [5.74, 6) is 0. The molecule has 4 rings (SSSR count). The molecule has 0 aliphatic rings. The van der Waals surface area contributed by atoms with E-state index in [0.29, 0.717) is 11.2 Å². The molecule has 26 heavy (non-hydrogen) atoms. The predicted octanol–water partition coefficient (Wildman–Crippen LogP) is 4.69. The van der Waals surface area contributed by atoms with Gasteiger partial charge in [0.05, 0.1) is 0 Å². The first kappa shape index (κ1) is 16.1. The first-order chi connectivity index (χ1) is 12.5. The average molecular weight is 344 g/mol. The molecule has 4 nitrogen and oxygen atoms in total. The van der Waals surface area contributed by atoms with Gasteiger partial charge in [0.25, 0.3) is 0 Å². The fourth-order valence-corrected chi connectivity index (χ4v) is 3.08. The summed E-state index contributed by atoms with van der Waals surface area (Å²) < 4.78 is 10.6. The molecular weight excluding hydrogens is 328 g/mol. The zero-order valence-corrected chi connectivity index (χ0v) is 14.4. The van der Waals surface area contributed by atoms with Gasteiger partial charge < -0.3 is 8.83 Å². The summed E-state index contributed by atoms with van der Waals surface area (Å²) in [5.41, 5.74) is 4.05. The van der Waals surface area contributed by atoms with Crippen molar-refractivity contribution in [1.82, 2.24) is 0 Å². The molecule has 0 unspecified atom stereocenters. The Kier molecular flexibility index (Phi) is 3.81. The molecular formula is C22H16O4. The molecule has 128 valence electrons. The molecule has 4 heteroatoms. The molecule has 2 heterocycles. The highest BCUT2D eigenvalue weighted by molar-refractivity contribution is 5.86. The Hall–Kier alpha value is -3.40. The lowest BCUT2D eigenvalue weighted by Crippen LogP contribution is -1.97. The fourth-order valence-electron chi connectivity index (χ4n) is 3.08. The first-order valence-corrected chi connectivity index (χ1v) is 8.27. The van der Waals surface area contributed by atoms with Gasteiger partial charge in [-0.1, -0.05) is 36.4 Å². The second kappa shape index (κ2) is 6.15. The van der Waals surface area contributed by atoms with Crippen molar-refractivity contribution in [3.05, 3.63) is 91.6 Å². The third-order valence-corrected chi connectivity index (χ3v) is 4.42. The van der Waals surface area contributed by atoms with Crippen molar-refractivity contribution < 1.29 is 8.83 Å². The second-order valence-electron chi connectivity index (χ2n) is 6.34. The van der Waals surface area contributed by atoms with E-state index in [0.717, 1.165) is 33.0 Å². The minimum atomic E-state index is -0.351. The second-order valence-corrected chi connectivity index (χ2v) is 6.34. The number of rotatable bonds is 2. The Morgan fingerprint density at radius 3 is 1.50 bits per heavy atom. The van der Waals surface area contributed by atoms with Gasteiger partial charge in [-0.05, 0) is 48.2 Å². The van der Waals surface area contributed by atoms with E-state index in [1.54, 1.807) is 0 Å². The van der Waals surface area contributed by atoms with Crippen LogP contribution in [0.25, 0.3) is 34.1 Å². The fraction of sp³-hybridized carbons (Fsp3) is 0.0909. The molecule has 0 spiro atoms. The maximum absolute atomic E-state index is 11.6. The van der Waals surface area contributed by atoms with E-state index < -0.39 is 0 Å². The monoisotopic (exact) mass is 344 g/mol. The predicted molar refractivity (Wildman–Crippen MR) is 103 cm³/mol. The summed E-state index contributed by atoms with van der Waals surface area (Å²) in [4.78, 5) is 23.1. The van der Waals surface area contributed by atoms with Crippen LogP contribution in [-0.4, -0.2) is 0 Å². The van der Waals surface area contributed by atoms with E-state index in [1.807, 2.05) is 62.4 Å². The van der Waals surface area contributed by atoms with Crippen molar-refractivity contribution in [3.63, 3.8) is 0 Å². The summed E-state index contributed by atoms with van der Waals surface area (Å²) >= 11 is 0. The summed E-state index contributed by atoms with van der Waals surface area (Å²) in [6, 6.07) is 14.5. The van der Waals surface area contributed by atoms with Crippen molar-refractivity contribution >= 4 is 34.1 Å². The van der Waals surface area contributed by atoms with Gasteiger partial charge in [0.2, 0.25) is 0 Å². The molecule has 0 amide bonds. The molecule has 0 bridgehead atoms. The standard InChI is InChI=1S/C22H16O4/c1-13-9-21(23)25-19-11-15(5-7-17(13)19)3-4-16-6-8-18-14(2)10-22(24)26-20(18)12-16/h3-12H,1-2H3/b4-3+. The van der Waals surface area contributed by atoms with Gasteiger partial charge in [0, 0.05) is 22.9 Å². The van der Waals surface area contributed by atoms with Crippen molar-refractivity contribution in [2.75, 3.05) is 0 Å². The van der Waals surface area contributed by atoms with Crippen LogP contribution in [0, 0.1) is 13.8 Å². The Morgan fingerprint density at radius 2 is 1.08 bits per heavy atom. The van der Waals surface area contributed by atoms with Crippen LogP contribution >= 0.6 is 0 Å². The molecule has 0 saturated carbocycles. The average Bonchev–Trinajstić information content (AvgIpc) is 2.59. The molecule has 0 aliphatic heterocycles. The Labute approximate surface area is 149 Å². The van der Waals surface area contributed by atoms with Crippen LogP contribution < -0.4 is 11.3 Å². The van der Waals surface area contributed by atoms with Crippen LogP contribution in [0.1, 0.15) is 22.3 Å². The van der Waals surface area contributed by atoms with E-state index >= 15 is 0 Å². The Bertz CT molecular complexity index is 1190. The first-order valence-electron chi connectivity index (χ1n) is 8.27. The maximum atomic E-state index is 11.6. The van der Waals surface area contributed by atoms with Gasteiger partial charge in [-0.2, -0.15) is 0 Å². The highest BCUT2D eigenvalue weighted by Crippen LogP contribution is 2.21. The molecule has 4 aromatic rings. The molecule has 0 N–H and O–H groups in total. The highest BCUT2D eigenvalue weighted by Gasteiger charge is 2.04. The van der Waals surface area contributed by atoms with E-state index in [1.165, 1.54) is 12.1 Å². The zero-order valence-electron chi connectivity index (χ0n) is 14.4. The van der Waals surface area contributed by atoms with Gasteiger partial charge in [-0.15, -0.1) is 0 Å². The lowest BCUT2D eigenvalue weighted by atomic mass is 10.1. The number of fused-ring (bicyclic) bond motifs is 2. The number of aryl methyl sites for hydroxylation is 2. The van der Waals surface area contributed by atoms with Crippen molar-refractivity contribution in [2.24, 2.45) is 0 Å². The van der Waals surface area contributed by atoms with Crippen LogP contribution in [-0.2, 0) is 0 Å². The molecule has 2 aromatic heterocycles. The van der Waals surface area contributed by atoms with Crippen molar-refractivity contribution in [1.29, 1.82) is 0 Å². The number of benzene rings is 2. The molecule has 0 atom stereocenters. The maximum Gasteiger partial charge on any atom is 0.336 e. The minimum Gasteiger partial charge on any atom is -0.423 e. The minimum absolute atomic E-state index is 0.351. The molecule has 2 aromatic carbocycles. The zero-order chi connectivity index (χ0) is 18.3. The largest absolute Gasteiger partial charge is 0.423 e. The Morgan fingerprint density at radius 1 is 0.654 bits per heavy atom. The van der Waals surface area contributed by atoms with Crippen LogP contribution in [0.5, 0.6) is 0 Å². The molecule has 0 radical (unpaired) electrons. The summed E-state index contributed by atoms with van der Waals surface area (Å²) in [5, 5.41) is 1.84. The normalized spacial score (nSPS) is 11.6. The molecule has 0 fully saturated rings. The lowest BCUT2D eigenvalue weighted by molar-refractivity contribution is 0.559. The molecule has 0 aliphatic carbocycles. The SMILES string of the molecule is Cc1cc(=O)oc2cc(/C=C/c3ccc4c(C)cc(=O)oc4c3)ccc12. The van der Waals surface area contributed by atoms with Crippen molar-refractivity contribution in [3.8, 4) is 0 Å². The number of hydrogen-bond donors (Lipinski definition) is 0. The molecule has 0 saturated heterocycles. The summed E-state index contributed by atoms with van der Waals surface area (Å²) in [6.45, 7) is 3.78. The third kappa shape index (κ3) is 2.97. The summed E-state index contributed by atoms with van der Waals surface area (Å²) in [6.07, 6.45) is 3.85. The van der Waals surface area contributed by atoms with E-state index in [4.69, 9.17) is 8.83 Å². The van der Waals surface area contributed by atoms with E-state index in [2.05, 4.69) is 0 Å². The van der Waals surface area contributed by atoms with Gasteiger partial charge in [0.15, 0.2) is 0 Å².